The van der Waals surface area contributed by atoms with E-state index in [-0.39, 0.29) is 6.42 Å². The smallest absolute Gasteiger partial charge is 0.171 e. The minimum absolute atomic E-state index is 0.112. The fourth-order valence-corrected chi connectivity index (χ4v) is 2.17. The van der Waals surface area contributed by atoms with Gasteiger partial charge in [-0.05, 0) is 12.8 Å². The highest BCUT2D eigenvalue weighted by Gasteiger charge is 2.47. The molecule has 0 saturated heterocycles. The number of rotatable bonds is 0. The lowest BCUT2D eigenvalue weighted by atomic mass is 9.88. The molecule has 1 aliphatic carbocycles. The van der Waals surface area contributed by atoms with Crippen molar-refractivity contribution in [1.29, 1.82) is 0 Å². The van der Waals surface area contributed by atoms with E-state index >= 15 is 0 Å². The van der Waals surface area contributed by atoms with E-state index in [0.717, 1.165) is 0 Å². The Kier molecular flexibility index (Phi) is 3.16. The first-order chi connectivity index (χ1) is 5.43. The minimum atomic E-state index is -4.19. The molecule has 3 atom stereocenters. The highest BCUT2D eigenvalue weighted by molar-refractivity contribution is 6.30. The molecule has 3 unspecified atom stereocenters. The summed E-state index contributed by atoms with van der Waals surface area (Å²) in [5, 5.41) is -1.49. The summed E-state index contributed by atoms with van der Waals surface area (Å²) in [4.78, 5) is 0. The van der Waals surface area contributed by atoms with Crippen molar-refractivity contribution >= 4 is 23.2 Å². The van der Waals surface area contributed by atoms with Crippen LogP contribution in [0.25, 0.3) is 0 Å². The van der Waals surface area contributed by atoms with Crippen LogP contribution in [0.15, 0.2) is 0 Å². The SMILES string of the molecule is FC(F)(F)C1CCCC(Cl)C1Cl. The second kappa shape index (κ2) is 3.62. The van der Waals surface area contributed by atoms with E-state index in [1.165, 1.54) is 0 Å². The molecule has 1 aliphatic rings. The summed E-state index contributed by atoms with van der Waals surface area (Å²) in [5.41, 5.74) is 0. The van der Waals surface area contributed by atoms with Crippen LogP contribution in [0.4, 0.5) is 13.2 Å². The highest BCUT2D eigenvalue weighted by atomic mass is 35.5. The lowest BCUT2D eigenvalue weighted by Gasteiger charge is -2.32. The van der Waals surface area contributed by atoms with E-state index in [9.17, 15) is 13.2 Å². The maximum atomic E-state index is 12.2. The van der Waals surface area contributed by atoms with E-state index in [2.05, 4.69) is 0 Å². The molecular formula is C7H9Cl2F3. The third-order valence-corrected chi connectivity index (χ3v) is 3.37. The molecule has 72 valence electrons. The molecular weight excluding hydrogens is 212 g/mol. The van der Waals surface area contributed by atoms with Crippen molar-refractivity contribution in [2.45, 2.75) is 36.2 Å². The number of halogens is 5. The summed E-state index contributed by atoms with van der Waals surface area (Å²) in [5.74, 6) is -1.42. The summed E-state index contributed by atoms with van der Waals surface area (Å²) < 4.78 is 36.7. The molecule has 0 amide bonds. The van der Waals surface area contributed by atoms with Crippen molar-refractivity contribution in [2.75, 3.05) is 0 Å². The van der Waals surface area contributed by atoms with Gasteiger partial charge < -0.3 is 0 Å². The minimum Gasteiger partial charge on any atom is -0.171 e. The highest BCUT2D eigenvalue weighted by Crippen LogP contribution is 2.41. The maximum Gasteiger partial charge on any atom is 0.393 e. The topological polar surface area (TPSA) is 0 Å². The van der Waals surface area contributed by atoms with Crippen molar-refractivity contribution in [3.8, 4) is 0 Å². The predicted molar refractivity (Wildman–Crippen MR) is 42.7 cm³/mol. The summed E-state index contributed by atoms with van der Waals surface area (Å²) in [6.07, 6.45) is -2.98. The zero-order chi connectivity index (χ0) is 9.35. The molecule has 0 bridgehead atoms. The molecule has 0 nitrogen and oxygen atoms in total. The van der Waals surface area contributed by atoms with Gasteiger partial charge in [-0.15, -0.1) is 23.2 Å². The van der Waals surface area contributed by atoms with Gasteiger partial charge >= 0.3 is 6.18 Å². The Hall–Kier alpha value is 0.370. The fourth-order valence-electron chi connectivity index (χ4n) is 1.45. The summed E-state index contributed by atoms with van der Waals surface area (Å²) >= 11 is 11.2. The molecule has 0 radical (unpaired) electrons. The second-order valence-corrected chi connectivity index (χ2v) is 4.10. The van der Waals surface area contributed by atoms with E-state index in [1.807, 2.05) is 0 Å². The van der Waals surface area contributed by atoms with Gasteiger partial charge in [0.15, 0.2) is 0 Å². The van der Waals surface area contributed by atoms with Crippen LogP contribution in [0.3, 0.4) is 0 Å². The van der Waals surface area contributed by atoms with Crippen LogP contribution >= 0.6 is 23.2 Å². The third-order valence-electron chi connectivity index (χ3n) is 2.15. The van der Waals surface area contributed by atoms with Crippen LogP contribution in [-0.4, -0.2) is 16.9 Å². The lowest BCUT2D eigenvalue weighted by Crippen LogP contribution is -2.39. The first-order valence-corrected chi connectivity index (χ1v) is 4.65. The van der Waals surface area contributed by atoms with Crippen molar-refractivity contribution in [3.05, 3.63) is 0 Å². The molecule has 0 aromatic heterocycles. The van der Waals surface area contributed by atoms with Gasteiger partial charge in [0.2, 0.25) is 0 Å². The van der Waals surface area contributed by atoms with Crippen molar-refractivity contribution in [2.24, 2.45) is 5.92 Å². The number of hydrogen-bond donors (Lipinski definition) is 0. The molecule has 1 fully saturated rings. The molecule has 0 aromatic carbocycles. The molecule has 0 aliphatic heterocycles. The lowest BCUT2D eigenvalue weighted by molar-refractivity contribution is -0.180. The van der Waals surface area contributed by atoms with Gasteiger partial charge in [-0.1, -0.05) is 6.42 Å². The largest absolute Gasteiger partial charge is 0.393 e. The van der Waals surface area contributed by atoms with Crippen LogP contribution < -0.4 is 0 Å². The van der Waals surface area contributed by atoms with Crippen LogP contribution in [0.5, 0.6) is 0 Å². The van der Waals surface area contributed by atoms with Gasteiger partial charge in [-0.3, -0.25) is 0 Å². The van der Waals surface area contributed by atoms with Crippen molar-refractivity contribution in [1.82, 2.24) is 0 Å². The molecule has 5 heteroatoms. The van der Waals surface area contributed by atoms with Gasteiger partial charge in [-0.25, -0.2) is 0 Å². The van der Waals surface area contributed by atoms with Gasteiger partial charge in [-0.2, -0.15) is 13.2 Å². The van der Waals surface area contributed by atoms with Crippen molar-refractivity contribution in [3.63, 3.8) is 0 Å². The molecule has 0 spiro atoms. The van der Waals surface area contributed by atoms with E-state index < -0.39 is 22.8 Å². The van der Waals surface area contributed by atoms with Gasteiger partial charge in [0.05, 0.1) is 16.7 Å². The normalized spacial score (nSPS) is 38.2. The Balaban J connectivity index is 2.64. The van der Waals surface area contributed by atoms with Crippen LogP contribution in [0.1, 0.15) is 19.3 Å². The molecule has 1 rings (SSSR count). The number of hydrogen-bond acceptors (Lipinski definition) is 0. The Morgan fingerprint density at radius 2 is 1.67 bits per heavy atom. The number of alkyl halides is 5. The zero-order valence-corrected chi connectivity index (χ0v) is 7.76. The van der Waals surface area contributed by atoms with Gasteiger partial charge in [0.1, 0.15) is 0 Å². The average molecular weight is 221 g/mol. The molecule has 0 heterocycles. The predicted octanol–water partition coefficient (Wildman–Crippen LogP) is 3.56. The Labute approximate surface area is 79.0 Å². The zero-order valence-electron chi connectivity index (χ0n) is 6.24. The second-order valence-electron chi connectivity index (χ2n) is 3.04. The Morgan fingerprint density at radius 3 is 2.08 bits per heavy atom. The van der Waals surface area contributed by atoms with E-state index in [4.69, 9.17) is 23.2 Å². The average Bonchev–Trinajstić information content (AvgIpc) is 1.92. The molecule has 0 N–H and O–H groups in total. The Morgan fingerprint density at radius 1 is 1.08 bits per heavy atom. The quantitative estimate of drug-likeness (QED) is 0.548. The van der Waals surface area contributed by atoms with E-state index in [0.29, 0.717) is 12.8 Å². The molecule has 0 aromatic rings. The fraction of sp³-hybridized carbons (Fsp3) is 1.00. The maximum absolute atomic E-state index is 12.2. The van der Waals surface area contributed by atoms with Gasteiger partial charge in [0.25, 0.3) is 0 Å². The molecule has 1 saturated carbocycles. The molecule has 12 heavy (non-hydrogen) atoms. The first kappa shape index (κ1) is 10.5. The standard InChI is InChI=1S/C7H9Cl2F3/c8-5-3-1-2-4(6(5)9)7(10,11)12/h4-6H,1-3H2. The summed E-state index contributed by atoms with van der Waals surface area (Å²) in [7, 11) is 0. The van der Waals surface area contributed by atoms with Gasteiger partial charge in [0, 0.05) is 0 Å². The van der Waals surface area contributed by atoms with Crippen molar-refractivity contribution < 1.29 is 13.2 Å². The van der Waals surface area contributed by atoms with Crippen LogP contribution in [-0.2, 0) is 0 Å². The Bertz CT molecular complexity index is 157. The van der Waals surface area contributed by atoms with Crippen LogP contribution in [0.2, 0.25) is 0 Å². The van der Waals surface area contributed by atoms with Crippen LogP contribution in [0, 0.1) is 5.92 Å². The first-order valence-electron chi connectivity index (χ1n) is 3.78. The summed E-state index contributed by atoms with van der Waals surface area (Å²) in [6.45, 7) is 0. The monoisotopic (exact) mass is 220 g/mol. The summed E-state index contributed by atoms with van der Waals surface area (Å²) in [6, 6.07) is 0. The third kappa shape index (κ3) is 2.19. The van der Waals surface area contributed by atoms with E-state index in [1.54, 1.807) is 0 Å².